The molecule has 5 nitrogen and oxygen atoms in total. The summed E-state index contributed by atoms with van der Waals surface area (Å²) >= 11 is 0. The van der Waals surface area contributed by atoms with Crippen LogP contribution < -0.4 is 10.1 Å². The maximum atomic E-state index is 12.3. The Balaban J connectivity index is 2.01. The van der Waals surface area contributed by atoms with Crippen LogP contribution in [0.4, 0.5) is 5.69 Å². The van der Waals surface area contributed by atoms with Crippen LogP contribution in [0.2, 0.25) is 0 Å². The van der Waals surface area contributed by atoms with Gasteiger partial charge >= 0.3 is 5.97 Å². The van der Waals surface area contributed by atoms with Crippen LogP contribution in [-0.2, 0) is 9.53 Å². The Kier molecular flexibility index (Phi) is 5.95. The van der Waals surface area contributed by atoms with Crippen LogP contribution in [0, 0.1) is 6.92 Å². The van der Waals surface area contributed by atoms with E-state index in [9.17, 15) is 9.59 Å². The van der Waals surface area contributed by atoms with Crippen LogP contribution in [0.3, 0.4) is 0 Å². The van der Waals surface area contributed by atoms with Gasteiger partial charge in [-0.25, -0.2) is 4.79 Å². The topological polar surface area (TPSA) is 64.6 Å². The molecule has 0 radical (unpaired) electrons. The number of hydrogen-bond acceptors (Lipinski definition) is 4. The fraction of sp³-hybridized carbons (Fsp3) is 0.263. The lowest BCUT2D eigenvalue weighted by Gasteiger charge is -2.15. The lowest BCUT2D eigenvalue weighted by molar-refractivity contribution is -0.122. The fourth-order valence-electron chi connectivity index (χ4n) is 2.13. The van der Waals surface area contributed by atoms with Crippen molar-refractivity contribution in [1.29, 1.82) is 0 Å². The van der Waals surface area contributed by atoms with E-state index < -0.39 is 12.1 Å². The highest BCUT2D eigenvalue weighted by Crippen LogP contribution is 2.16. The summed E-state index contributed by atoms with van der Waals surface area (Å²) in [7, 11) is 0. The van der Waals surface area contributed by atoms with Crippen molar-refractivity contribution in [2.75, 3.05) is 11.9 Å². The molecule has 1 N–H and O–H groups in total. The van der Waals surface area contributed by atoms with Gasteiger partial charge in [0.25, 0.3) is 5.91 Å². The number of carbonyl (C=O) groups is 2. The van der Waals surface area contributed by atoms with E-state index in [0.29, 0.717) is 23.6 Å². The highest BCUT2D eigenvalue weighted by molar-refractivity contribution is 5.96. The van der Waals surface area contributed by atoms with Gasteiger partial charge in [0, 0.05) is 5.69 Å². The molecular weight excluding hydrogens is 306 g/mol. The number of amides is 1. The first-order valence-corrected chi connectivity index (χ1v) is 7.81. The number of nitrogens with one attached hydrogen (secondary N) is 1. The average Bonchev–Trinajstić information content (AvgIpc) is 2.55. The zero-order valence-electron chi connectivity index (χ0n) is 14.0. The summed E-state index contributed by atoms with van der Waals surface area (Å²) in [4.78, 5) is 24.0. The Labute approximate surface area is 141 Å². The summed E-state index contributed by atoms with van der Waals surface area (Å²) in [6.07, 6.45) is -0.668. The molecule has 0 aromatic heterocycles. The van der Waals surface area contributed by atoms with E-state index in [1.807, 2.05) is 25.1 Å². The van der Waals surface area contributed by atoms with Crippen molar-refractivity contribution in [2.24, 2.45) is 0 Å². The van der Waals surface area contributed by atoms with Gasteiger partial charge in [-0.15, -0.1) is 0 Å². The number of aryl methyl sites for hydroxylation is 1. The molecule has 0 bridgehead atoms. The molecule has 1 amide bonds. The number of carbonyl (C=O) groups excluding carboxylic acids is 2. The molecule has 2 rings (SSSR count). The van der Waals surface area contributed by atoms with Gasteiger partial charge in [-0.3, -0.25) is 4.79 Å². The van der Waals surface area contributed by atoms with Crippen molar-refractivity contribution < 1.29 is 19.1 Å². The van der Waals surface area contributed by atoms with Gasteiger partial charge in [0.15, 0.2) is 6.10 Å². The third-order valence-corrected chi connectivity index (χ3v) is 3.31. The van der Waals surface area contributed by atoms with Crippen LogP contribution in [0.25, 0.3) is 0 Å². The summed E-state index contributed by atoms with van der Waals surface area (Å²) in [6, 6.07) is 14.1. The Morgan fingerprint density at radius 1 is 1.12 bits per heavy atom. The van der Waals surface area contributed by atoms with Crippen LogP contribution in [0.1, 0.15) is 29.8 Å². The minimum absolute atomic E-state index is 0.294. The molecule has 0 saturated carbocycles. The largest absolute Gasteiger partial charge is 0.481 e. The minimum Gasteiger partial charge on any atom is -0.481 e. The van der Waals surface area contributed by atoms with Crippen molar-refractivity contribution in [2.45, 2.75) is 26.9 Å². The van der Waals surface area contributed by atoms with Crippen molar-refractivity contribution in [1.82, 2.24) is 0 Å². The number of hydrogen-bond donors (Lipinski definition) is 1. The molecular formula is C19H21NO4. The Morgan fingerprint density at radius 3 is 2.58 bits per heavy atom. The number of ether oxygens (including phenoxy) is 2. The molecule has 126 valence electrons. The van der Waals surface area contributed by atoms with Gasteiger partial charge < -0.3 is 14.8 Å². The van der Waals surface area contributed by atoms with E-state index in [-0.39, 0.29) is 5.91 Å². The first-order valence-electron chi connectivity index (χ1n) is 7.81. The van der Waals surface area contributed by atoms with Gasteiger partial charge in [0.1, 0.15) is 5.75 Å². The second kappa shape index (κ2) is 8.15. The van der Waals surface area contributed by atoms with E-state index in [4.69, 9.17) is 9.47 Å². The van der Waals surface area contributed by atoms with E-state index in [2.05, 4.69) is 5.32 Å². The predicted octanol–water partition coefficient (Wildman–Crippen LogP) is 3.58. The average molecular weight is 327 g/mol. The van der Waals surface area contributed by atoms with Crippen molar-refractivity contribution in [3.05, 3.63) is 59.7 Å². The van der Waals surface area contributed by atoms with Gasteiger partial charge in [-0.05, 0) is 56.7 Å². The first-order chi connectivity index (χ1) is 11.5. The van der Waals surface area contributed by atoms with Crippen LogP contribution in [0.15, 0.2) is 48.5 Å². The minimum atomic E-state index is -0.668. The molecule has 24 heavy (non-hydrogen) atoms. The summed E-state index contributed by atoms with van der Waals surface area (Å²) in [6.45, 7) is 5.68. The molecule has 0 aliphatic heterocycles. The van der Waals surface area contributed by atoms with Crippen molar-refractivity contribution >= 4 is 17.6 Å². The fourth-order valence-corrected chi connectivity index (χ4v) is 2.13. The van der Waals surface area contributed by atoms with Gasteiger partial charge in [0.05, 0.1) is 12.2 Å². The summed E-state index contributed by atoms with van der Waals surface area (Å²) < 4.78 is 10.6. The SMILES string of the molecule is CCOC(=O)c1cccc(NC(=O)C(C)Oc2cccc(C)c2)c1. The molecule has 1 unspecified atom stereocenters. The normalized spacial score (nSPS) is 11.5. The zero-order chi connectivity index (χ0) is 17.5. The van der Waals surface area contributed by atoms with Gasteiger partial charge in [-0.2, -0.15) is 0 Å². The maximum absolute atomic E-state index is 12.3. The molecule has 0 heterocycles. The lowest BCUT2D eigenvalue weighted by Crippen LogP contribution is -2.30. The summed E-state index contributed by atoms with van der Waals surface area (Å²) in [5.41, 5.74) is 1.97. The molecule has 0 spiro atoms. The number of rotatable bonds is 6. The lowest BCUT2D eigenvalue weighted by atomic mass is 10.2. The van der Waals surface area contributed by atoms with E-state index in [0.717, 1.165) is 5.56 Å². The zero-order valence-corrected chi connectivity index (χ0v) is 14.0. The quantitative estimate of drug-likeness (QED) is 0.824. The number of benzene rings is 2. The second-order valence-corrected chi connectivity index (χ2v) is 5.37. The monoisotopic (exact) mass is 327 g/mol. The van der Waals surface area contributed by atoms with Crippen molar-refractivity contribution in [3.8, 4) is 5.75 Å². The first kappa shape index (κ1) is 17.5. The van der Waals surface area contributed by atoms with Crippen LogP contribution in [-0.4, -0.2) is 24.6 Å². The standard InChI is InChI=1S/C19H21NO4/c1-4-23-19(22)15-8-6-9-16(12-15)20-18(21)14(3)24-17-10-5-7-13(2)11-17/h5-12,14H,4H2,1-3H3,(H,20,21). The third-order valence-electron chi connectivity index (χ3n) is 3.31. The van der Waals surface area contributed by atoms with Gasteiger partial charge in [0.2, 0.25) is 0 Å². The highest BCUT2D eigenvalue weighted by Gasteiger charge is 2.16. The van der Waals surface area contributed by atoms with E-state index in [1.165, 1.54) is 0 Å². The Morgan fingerprint density at radius 2 is 1.88 bits per heavy atom. The summed E-state index contributed by atoms with van der Waals surface area (Å²) in [5, 5.41) is 2.74. The molecule has 0 fully saturated rings. The van der Waals surface area contributed by atoms with Crippen LogP contribution in [0.5, 0.6) is 5.75 Å². The molecule has 5 heteroatoms. The number of esters is 1. The highest BCUT2D eigenvalue weighted by atomic mass is 16.5. The molecule has 2 aromatic rings. The van der Waals surface area contributed by atoms with Gasteiger partial charge in [-0.1, -0.05) is 18.2 Å². The summed E-state index contributed by atoms with van der Waals surface area (Å²) in [5.74, 6) is -0.0758. The molecule has 0 saturated heterocycles. The smallest absolute Gasteiger partial charge is 0.338 e. The molecule has 0 aliphatic carbocycles. The van der Waals surface area contributed by atoms with E-state index in [1.54, 1.807) is 44.2 Å². The Bertz CT molecular complexity index is 727. The predicted molar refractivity (Wildman–Crippen MR) is 92.3 cm³/mol. The van der Waals surface area contributed by atoms with E-state index >= 15 is 0 Å². The molecule has 2 aromatic carbocycles. The van der Waals surface area contributed by atoms with Crippen LogP contribution >= 0.6 is 0 Å². The van der Waals surface area contributed by atoms with Crippen molar-refractivity contribution in [3.63, 3.8) is 0 Å². The third kappa shape index (κ3) is 4.84. The number of anilines is 1. The maximum Gasteiger partial charge on any atom is 0.338 e. The molecule has 1 atom stereocenters. The second-order valence-electron chi connectivity index (χ2n) is 5.37. The Hall–Kier alpha value is -2.82. The molecule has 0 aliphatic rings.